The number of halogens is 1. The Morgan fingerprint density at radius 1 is 1.47 bits per heavy atom. The molecule has 1 aliphatic rings. The second-order valence-corrected chi connectivity index (χ2v) is 5.06. The lowest BCUT2D eigenvalue weighted by Crippen LogP contribution is -2.46. The van der Waals surface area contributed by atoms with Crippen LogP contribution in [-0.4, -0.2) is 36.7 Å². The van der Waals surface area contributed by atoms with E-state index in [4.69, 9.17) is 9.15 Å². The van der Waals surface area contributed by atoms with Gasteiger partial charge in [0, 0.05) is 32.9 Å². The van der Waals surface area contributed by atoms with Crippen LogP contribution in [0.4, 0.5) is 4.39 Å². The Balaban J connectivity index is 1.58. The van der Waals surface area contributed by atoms with Crippen LogP contribution < -0.4 is 0 Å². The lowest BCUT2D eigenvalue weighted by atomic mass is 9.97. The maximum atomic E-state index is 13.1. The van der Waals surface area contributed by atoms with Crippen LogP contribution in [0.2, 0.25) is 0 Å². The van der Waals surface area contributed by atoms with Gasteiger partial charge >= 0.3 is 0 Å². The molecule has 3 rings (SSSR count). The highest BCUT2D eigenvalue weighted by Gasteiger charge is 2.27. The zero-order chi connectivity index (χ0) is 13.2. The Labute approximate surface area is 111 Å². The van der Waals surface area contributed by atoms with Gasteiger partial charge in [0.1, 0.15) is 11.3 Å². The molecule has 1 saturated heterocycles. The second-order valence-electron chi connectivity index (χ2n) is 5.06. The van der Waals surface area contributed by atoms with Gasteiger partial charge in [-0.15, -0.1) is 0 Å². The Kier molecular flexibility index (Phi) is 3.48. The van der Waals surface area contributed by atoms with Gasteiger partial charge in [0.2, 0.25) is 5.89 Å². The molecule has 2 heterocycles. The smallest absolute Gasteiger partial charge is 0.209 e. The molecular weight excluding hydrogens is 247 g/mol. The second kappa shape index (κ2) is 5.27. The van der Waals surface area contributed by atoms with E-state index < -0.39 is 0 Å². The monoisotopic (exact) mass is 264 g/mol. The number of hydrogen-bond acceptors (Lipinski definition) is 4. The molecule has 0 spiro atoms. The molecule has 0 radical (unpaired) electrons. The molecule has 0 unspecified atom stereocenters. The van der Waals surface area contributed by atoms with E-state index in [1.807, 2.05) is 0 Å². The zero-order valence-corrected chi connectivity index (χ0v) is 10.9. The summed E-state index contributed by atoms with van der Waals surface area (Å²) >= 11 is 0. The summed E-state index contributed by atoms with van der Waals surface area (Å²) in [5, 5.41) is 0. The summed E-state index contributed by atoms with van der Waals surface area (Å²) in [5.74, 6) is 1.09. The third kappa shape index (κ3) is 2.77. The predicted molar refractivity (Wildman–Crippen MR) is 69.2 cm³/mol. The van der Waals surface area contributed by atoms with Crippen molar-refractivity contribution in [3.05, 3.63) is 29.9 Å². The summed E-state index contributed by atoms with van der Waals surface area (Å²) < 4.78 is 23.7. The fourth-order valence-electron chi connectivity index (χ4n) is 2.48. The molecule has 0 atom stereocenters. The number of likely N-dealkylation sites (tertiary alicyclic amines) is 1. The van der Waals surface area contributed by atoms with Crippen molar-refractivity contribution in [2.75, 3.05) is 26.8 Å². The number of rotatable bonds is 5. The van der Waals surface area contributed by atoms with Crippen molar-refractivity contribution in [3.63, 3.8) is 0 Å². The van der Waals surface area contributed by atoms with Gasteiger partial charge in [-0.1, -0.05) is 0 Å². The van der Waals surface area contributed by atoms with Gasteiger partial charge in [-0.05, 0) is 24.5 Å². The average molecular weight is 264 g/mol. The average Bonchev–Trinajstić information content (AvgIpc) is 2.73. The first-order chi connectivity index (χ1) is 9.24. The molecule has 1 aliphatic heterocycles. The number of ether oxygens (including phenoxy) is 1. The van der Waals surface area contributed by atoms with E-state index in [1.54, 1.807) is 13.2 Å². The molecule has 2 aromatic rings. The van der Waals surface area contributed by atoms with E-state index in [0.717, 1.165) is 26.1 Å². The van der Waals surface area contributed by atoms with Crippen molar-refractivity contribution >= 4 is 11.1 Å². The SMILES string of the molecule is COCCC1CN(Cc2nc3cc(F)ccc3o2)C1. The summed E-state index contributed by atoms with van der Waals surface area (Å²) in [4.78, 5) is 6.59. The van der Waals surface area contributed by atoms with Crippen LogP contribution in [0.5, 0.6) is 0 Å². The zero-order valence-electron chi connectivity index (χ0n) is 10.9. The number of oxazole rings is 1. The van der Waals surface area contributed by atoms with E-state index in [-0.39, 0.29) is 5.82 Å². The molecule has 0 N–H and O–H groups in total. The summed E-state index contributed by atoms with van der Waals surface area (Å²) in [7, 11) is 1.73. The van der Waals surface area contributed by atoms with E-state index >= 15 is 0 Å². The van der Waals surface area contributed by atoms with Crippen LogP contribution in [0.25, 0.3) is 11.1 Å². The number of benzene rings is 1. The van der Waals surface area contributed by atoms with Gasteiger partial charge in [-0.3, -0.25) is 4.90 Å². The molecular formula is C14H17FN2O2. The predicted octanol–water partition coefficient (Wildman–Crippen LogP) is 2.44. The van der Waals surface area contributed by atoms with E-state index in [9.17, 15) is 4.39 Å². The van der Waals surface area contributed by atoms with Crippen LogP contribution in [0.3, 0.4) is 0 Å². The van der Waals surface area contributed by atoms with Crippen molar-refractivity contribution in [1.29, 1.82) is 0 Å². The van der Waals surface area contributed by atoms with E-state index in [0.29, 0.717) is 29.5 Å². The molecule has 1 fully saturated rings. The molecule has 0 aliphatic carbocycles. The molecule has 1 aromatic carbocycles. The molecule has 0 bridgehead atoms. The van der Waals surface area contributed by atoms with Gasteiger partial charge in [0.25, 0.3) is 0 Å². The quantitative estimate of drug-likeness (QED) is 0.831. The minimum Gasteiger partial charge on any atom is -0.439 e. The molecule has 1 aromatic heterocycles. The number of fused-ring (bicyclic) bond motifs is 1. The van der Waals surface area contributed by atoms with Crippen LogP contribution >= 0.6 is 0 Å². The van der Waals surface area contributed by atoms with Gasteiger partial charge < -0.3 is 9.15 Å². The number of aromatic nitrogens is 1. The first-order valence-electron chi connectivity index (χ1n) is 6.51. The number of nitrogens with zero attached hydrogens (tertiary/aromatic N) is 2. The highest BCUT2D eigenvalue weighted by atomic mass is 19.1. The van der Waals surface area contributed by atoms with E-state index in [2.05, 4.69) is 9.88 Å². The topological polar surface area (TPSA) is 38.5 Å². The maximum absolute atomic E-state index is 13.1. The molecule has 4 nitrogen and oxygen atoms in total. The van der Waals surface area contributed by atoms with Crippen molar-refractivity contribution in [3.8, 4) is 0 Å². The minimum absolute atomic E-state index is 0.282. The van der Waals surface area contributed by atoms with Crippen LogP contribution in [0.1, 0.15) is 12.3 Å². The van der Waals surface area contributed by atoms with Crippen LogP contribution in [0.15, 0.2) is 22.6 Å². The summed E-state index contributed by atoms with van der Waals surface area (Å²) in [5.41, 5.74) is 1.24. The fraction of sp³-hybridized carbons (Fsp3) is 0.500. The lowest BCUT2D eigenvalue weighted by Gasteiger charge is -2.38. The van der Waals surface area contributed by atoms with Gasteiger partial charge in [-0.25, -0.2) is 9.37 Å². The lowest BCUT2D eigenvalue weighted by molar-refractivity contribution is 0.0569. The summed E-state index contributed by atoms with van der Waals surface area (Å²) in [6.07, 6.45) is 1.10. The van der Waals surface area contributed by atoms with Crippen molar-refractivity contribution in [2.45, 2.75) is 13.0 Å². The first kappa shape index (κ1) is 12.6. The first-order valence-corrected chi connectivity index (χ1v) is 6.51. The molecule has 5 heteroatoms. The molecule has 0 saturated carbocycles. The van der Waals surface area contributed by atoms with Crippen LogP contribution in [-0.2, 0) is 11.3 Å². The highest BCUT2D eigenvalue weighted by molar-refractivity contribution is 5.72. The summed E-state index contributed by atoms with van der Waals surface area (Å²) in [6, 6.07) is 4.42. The van der Waals surface area contributed by atoms with Gasteiger partial charge in [0.05, 0.1) is 6.54 Å². The highest BCUT2D eigenvalue weighted by Crippen LogP contribution is 2.23. The Hall–Kier alpha value is -1.46. The molecule has 102 valence electrons. The number of methoxy groups -OCH3 is 1. The summed E-state index contributed by atoms with van der Waals surface area (Å²) in [6.45, 7) is 3.62. The Morgan fingerprint density at radius 2 is 2.32 bits per heavy atom. The number of hydrogen-bond donors (Lipinski definition) is 0. The molecule has 0 amide bonds. The molecule has 19 heavy (non-hydrogen) atoms. The van der Waals surface area contributed by atoms with Gasteiger partial charge in [0.15, 0.2) is 5.58 Å². The largest absolute Gasteiger partial charge is 0.439 e. The van der Waals surface area contributed by atoms with Crippen molar-refractivity contribution < 1.29 is 13.5 Å². The third-order valence-corrected chi connectivity index (χ3v) is 3.52. The fourth-order valence-corrected chi connectivity index (χ4v) is 2.48. The van der Waals surface area contributed by atoms with Crippen molar-refractivity contribution in [2.24, 2.45) is 5.92 Å². The van der Waals surface area contributed by atoms with E-state index in [1.165, 1.54) is 12.1 Å². The van der Waals surface area contributed by atoms with Crippen molar-refractivity contribution in [1.82, 2.24) is 9.88 Å². The Morgan fingerprint density at radius 3 is 3.11 bits per heavy atom. The van der Waals surface area contributed by atoms with Gasteiger partial charge in [-0.2, -0.15) is 0 Å². The normalized spacial score (nSPS) is 16.9. The maximum Gasteiger partial charge on any atom is 0.209 e. The minimum atomic E-state index is -0.282. The Bertz CT molecular complexity index is 564. The third-order valence-electron chi connectivity index (χ3n) is 3.52. The van der Waals surface area contributed by atoms with Crippen LogP contribution in [0, 0.1) is 11.7 Å². The standard InChI is InChI=1S/C14H17FN2O2/c1-18-5-4-10-7-17(8-10)9-14-16-12-6-11(15)2-3-13(12)19-14/h2-3,6,10H,4-5,7-9H2,1H3.